The average Bonchev–Trinajstić information content (AvgIpc) is 2.66. The summed E-state index contributed by atoms with van der Waals surface area (Å²) in [5.41, 5.74) is -0.499. The minimum atomic E-state index is -0.499. The van der Waals surface area contributed by atoms with E-state index in [1.54, 1.807) is 0 Å². The van der Waals surface area contributed by atoms with Crippen LogP contribution in [0.4, 0.5) is 0 Å². The summed E-state index contributed by atoms with van der Waals surface area (Å²) in [7, 11) is 0. The molecule has 0 fully saturated rings. The summed E-state index contributed by atoms with van der Waals surface area (Å²) in [6.07, 6.45) is 0. The lowest BCUT2D eigenvalue weighted by Gasteiger charge is -1.91. The summed E-state index contributed by atoms with van der Waals surface area (Å²) in [6.45, 7) is 0. The Morgan fingerprint density at radius 1 is 1.29 bits per heavy atom. The molecule has 0 spiro atoms. The number of nitrogens with one attached hydrogen (secondary N) is 1. The van der Waals surface area contributed by atoms with Gasteiger partial charge in [-0.15, -0.1) is 16.0 Å². The third-order valence-corrected chi connectivity index (χ3v) is 3.94. The first kappa shape index (κ1) is 9.97. The lowest BCUT2D eigenvalue weighted by Crippen LogP contribution is -2.14. The van der Waals surface area contributed by atoms with E-state index < -0.39 is 5.69 Å². The summed E-state index contributed by atoms with van der Waals surface area (Å²) in [5, 5.41) is 9.71. The van der Waals surface area contributed by atoms with Crippen molar-refractivity contribution in [1.29, 1.82) is 0 Å². The van der Waals surface area contributed by atoms with Gasteiger partial charge in [0.15, 0.2) is 0 Å². The molecule has 2 rings (SSSR count). The van der Waals surface area contributed by atoms with Crippen molar-refractivity contribution in [2.75, 3.05) is 0 Å². The van der Waals surface area contributed by atoms with Gasteiger partial charge in [0, 0.05) is 0 Å². The quantitative estimate of drug-likeness (QED) is 0.862. The summed E-state index contributed by atoms with van der Waals surface area (Å²) in [5.74, 6) is 0. The standard InChI is InChI=1S/C5HCl3N4OS/c6-1-2(7)4(14-3(1)8)12-5(13)9-10-11-12/h(H,9,11,13). The Bertz CT molecular complexity index is 529. The number of nitrogens with zero attached hydrogens (tertiary/aromatic N) is 3. The SMILES string of the molecule is O=c1[nH]nnn1-c1sc(Cl)c(Cl)c1Cl. The topological polar surface area (TPSA) is 63.6 Å². The van der Waals surface area contributed by atoms with E-state index in [1.165, 1.54) is 0 Å². The van der Waals surface area contributed by atoms with Crippen molar-refractivity contribution in [3.63, 3.8) is 0 Å². The molecule has 0 aliphatic heterocycles. The molecule has 0 atom stereocenters. The minimum absolute atomic E-state index is 0.192. The largest absolute Gasteiger partial charge is 0.366 e. The van der Waals surface area contributed by atoms with Crippen LogP contribution >= 0.6 is 46.1 Å². The second-order valence-corrected chi connectivity index (χ2v) is 4.58. The predicted molar refractivity (Wildman–Crippen MR) is 54.9 cm³/mol. The number of hydrogen-bond acceptors (Lipinski definition) is 4. The first-order chi connectivity index (χ1) is 6.61. The van der Waals surface area contributed by atoms with E-state index >= 15 is 0 Å². The van der Waals surface area contributed by atoms with E-state index in [0.29, 0.717) is 9.34 Å². The molecule has 0 bridgehead atoms. The highest BCUT2D eigenvalue weighted by Crippen LogP contribution is 2.41. The fourth-order valence-electron chi connectivity index (χ4n) is 0.822. The van der Waals surface area contributed by atoms with E-state index in [2.05, 4.69) is 15.5 Å². The number of tetrazole rings is 1. The van der Waals surface area contributed by atoms with Gasteiger partial charge in [0.05, 0.1) is 10.0 Å². The van der Waals surface area contributed by atoms with Crippen molar-refractivity contribution in [1.82, 2.24) is 20.2 Å². The number of aromatic amines is 1. The second kappa shape index (κ2) is 3.54. The molecule has 0 aliphatic carbocycles. The number of thiophene rings is 1. The first-order valence-corrected chi connectivity index (χ1v) is 5.20. The molecule has 0 aromatic carbocycles. The highest BCUT2D eigenvalue weighted by Gasteiger charge is 2.17. The van der Waals surface area contributed by atoms with Crippen LogP contribution in [0.2, 0.25) is 14.4 Å². The smallest absolute Gasteiger partial charge is 0.244 e. The van der Waals surface area contributed by atoms with Crippen molar-refractivity contribution in [3.05, 3.63) is 24.9 Å². The molecule has 0 unspecified atom stereocenters. The van der Waals surface area contributed by atoms with Crippen LogP contribution in [-0.4, -0.2) is 20.2 Å². The van der Waals surface area contributed by atoms with Crippen LogP contribution in [0.25, 0.3) is 5.00 Å². The van der Waals surface area contributed by atoms with Crippen LogP contribution in [-0.2, 0) is 0 Å². The van der Waals surface area contributed by atoms with E-state index in [0.717, 1.165) is 16.0 Å². The summed E-state index contributed by atoms with van der Waals surface area (Å²) >= 11 is 18.4. The van der Waals surface area contributed by atoms with Crippen LogP contribution in [0.15, 0.2) is 4.79 Å². The average molecular weight is 272 g/mol. The highest BCUT2D eigenvalue weighted by molar-refractivity contribution is 7.20. The molecule has 5 nitrogen and oxygen atoms in total. The van der Waals surface area contributed by atoms with Gasteiger partial charge in [-0.3, -0.25) is 0 Å². The van der Waals surface area contributed by atoms with Gasteiger partial charge in [0.1, 0.15) is 9.34 Å². The second-order valence-electron chi connectivity index (χ2n) is 2.23. The number of H-pyrrole nitrogens is 1. The Hall–Kier alpha value is -0.560. The number of aromatic nitrogens is 4. The maximum atomic E-state index is 11.1. The van der Waals surface area contributed by atoms with Crippen LogP contribution in [0.3, 0.4) is 0 Å². The summed E-state index contributed by atoms with van der Waals surface area (Å²) in [6, 6.07) is 0. The molecule has 0 saturated carbocycles. The van der Waals surface area contributed by atoms with Crippen LogP contribution < -0.4 is 5.69 Å². The van der Waals surface area contributed by atoms with E-state index in [9.17, 15) is 4.79 Å². The molecule has 0 radical (unpaired) electrons. The van der Waals surface area contributed by atoms with E-state index in [1.807, 2.05) is 0 Å². The summed E-state index contributed by atoms with van der Waals surface area (Å²) < 4.78 is 1.30. The fourth-order valence-corrected chi connectivity index (χ4v) is 2.55. The number of rotatable bonds is 1. The molecule has 74 valence electrons. The lowest BCUT2D eigenvalue weighted by atomic mass is 10.6. The molecule has 14 heavy (non-hydrogen) atoms. The molecular weight excluding hydrogens is 271 g/mol. The molecule has 0 amide bonds. The van der Waals surface area contributed by atoms with Gasteiger partial charge in [0.25, 0.3) is 0 Å². The minimum Gasteiger partial charge on any atom is -0.244 e. The van der Waals surface area contributed by atoms with Gasteiger partial charge >= 0.3 is 5.69 Å². The molecule has 2 heterocycles. The Morgan fingerprint density at radius 2 is 2.00 bits per heavy atom. The third kappa shape index (κ3) is 1.44. The van der Waals surface area contributed by atoms with Gasteiger partial charge in [-0.25, -0.2) is 9.89 Å². The van der Waals surface area contributed by atoms with Crippen LogP contribution in [0.5, 0.6) is 0 Å². The molecule has 9 heteroatoms. The molecule has 2 aromatic heterocycles. The normalized spacial score (nSPS) is 10.8. The Labute approximate surface area is 96.2 Å². The van der Waals surface area contributed by atoms with Gasteiger partial charge in [-0.1, -0.05) is 34.8 Å². The van der Waals surface area contributed by atoms with Crippen LogP contribution in [0, 0.1) is 0 Å². The molecule has 0 aliphatic rings. The van der Waals surface area contributed by atoms with Gasteiger partial charge in [-0.2, -0.15) is 0 Å². The van der Waals surface area contributed by atoms with E-state index in [-0.39, 0.29) is 10.0 Å². The number of halogens is 3. The Balaban J connectivity index is 2.69. The summed E-state index contributed by atoms with van der Waals surface area (Å²) in [4.78, 5) is 11.1. The van der Waals surface area contributed by atoms with Crippen molar-refractivity contribution in [3.8, 4) is 5.00 Å². The number of hydrogen-bond donors (Lipinski definition) is 1. The zero-order chi connectivity index (χ0) is 10.3. The fraction of sp³-hybridized carbons (Fsp3) is 0. The highest BCUT2D eigenvalue weighted by atomic mass is 35.5. The molecule has 2 aromatic rings. The van der Waals surface area contributed by atoms with Gasteiger partial charge < -0.3 is 0 Å². The predicted octanol–water partition coefficient (Wildman–Crippen LogP) is 1.98. The molecule has 1 N–H and O–H groups in total. The lowest BCUT2D eigenvalue weighted by molar-refractivity contribution is 0.790. The maximum Gasteiger partial charge on any atom is 0.366 e. The molecular formula is C5HCl3N4OS. The Kier molecular flexibility index (Phi) is 2.52. The molecule has 0 saturated heterocycles. The zero-order valence-corrected chi connectivity index (χ0v) is 9.38. The zero-order valence-electron chi connectivity index (χ0n) is 6.29. The maximum absolute atomic E-state index is 11.1. The van der Waals surface area contributed by atoms with Crippen molar-refractivity contribution < 1.29 is 0 Å². The Morgan fingerprint density at radius 3 is 2.43 bits per heavy atom. The first-order valence-electron chi connectivity index (χ1n) is 3.25. The van der Waals surface area contributed by atoms with Crippen molar-refractivity contribution >= 4 is 46.1 Å². The monoisotopic (exact) mass is 270 g/mol. The third-order valence-electron chi connectivity index (χ3n) is 1.40. The van der Waals surface area contributed by atoms with Crippen LogP contribution in [0.1, 0.15) is 0 Å². The van der Waals surface area contributed by atoms with Crippen molar-refractivity contribution in [2.24, 2.45) is 0 Å². The van der Waals surface area contributed by atoms with Gasteiger partial charge in [-0.05, 0) is 10.4 Å². The van der Waals surface area contributed by atoms with Gasteiger partial charge in [0.2, 0.25) is 0 Å². The van der Waals surface area contributed by atoms with E-state index in [4.69, 9.17) is 34.8 Å². The van der Waals surface area contributed by atoms with Crippen molar-refractivity contribution in [2.45, 2.75) is 0 Å².